The summed E-state index contributed by atoms with van der Waals surface area (Å²) in [5.74, 6) is 0.791. The highest BCUT2D eigenvalue weighted by Crippen LogP contribution is 2.33. The summed E-state index contributed by atoms with van der Waals surface area (Å²) in [7, 11) is 1.65. The van der Waals surface area contributed by atoms with E-state index < -0.39 is 0 Å². The summed E-state index contributed by atoms with van der Waals surface area (Å²) in [5, 5.41) is 2.36. The zero-order chi connectivity index (χ0) is 16.7. The van der Waals surface area contributed by atoms with Gasteiger partial charge in [-0.1, -0.05) is 42.5 Å². The fraction of sp³-hybridized carbons (Fsp3) is 0.0952. The molecule has 0 amide bonds. The maximum absolute atomic E-state index is 13.1. The topological polar surface area (TPSA) is 39.4 Å². The number of benzene rings is 3. The standard InChI is InChI=1S/C21H16O3/c1-13-8-9-15-16(21(13)23-2)10-11-18-19(15)20(22)17(12-24-18)14-6-4-3-5-7-14/h3-12H,1-2H3. The van der Waals surface area contributed by atoms with Gasteiger partial charge in [-0.2, -0.15) is 0 Å². The summed E-state index contributed by atoms with van der Waals surface area (Å²) in [6.07, 6.45) is 1.54. The summed E-state index contributed by atoms with van der Waals surface area (Å²) in [5.41, 5.74) is 3.00. The zero-order valence-electron chi connectivity index (χ0n) is 13.5. The minimum absolute atomic E-state index is 0.0287. The average Bonchev–Trinajstić information content (AvgIpc) is 2.62. The largest absolute Gasteiger partial charge is 0.496 e. The van der Waals surface area contributed by atoms with Crippen molar-refractivity contribution in [1.29, 1.82) is 0 Å². The SMILES string of the molecule is COc1c(C)ccc2c1ccc1occ(-c3ccccc3)c(=O)c12. The number of fused-ring (bicyclic) bond motifs is 3. The van der Waals surface area contributed by atoms with Crippen LogP contribution in [0.15, 0.2) is 70.1 Å². The van der Waals surface area contributed by atoms with Crippen molar-refractivity contribution in [3.05, 3.63) is 76.6 Å². The van der Waals surface area contributed by atoms with Gasteiger partial charge in [0.2, 0.25) is 5.43 Å². The molecule has 0 atom stereocenters. The molecule has 3 heteroatoms. The van der Waals surface area contributed by atoms with E-state index in [1.165, 1.54) is 6.26 Å². The van der Waals surface area contributed by atoms with Crippen molar-refractivity contribution in [2.45, 2.75) is 6.92 Å². The van der Waals surface area contributed by atoms with E-state index in [2.05, 4.69) is 0 Å². The first-order valence-electron chi connectivity index (χ1n) is 7.78. The first kappa shape index (κ1) is 14.5. The number of ether oxygens (including phenoxy) is 1. The van der Waals surface area contributed by atoms with Crippen LogP contribution in [0.1, 0.15) is 5.56 Å². The Balaban J connectivity index is 2.14. The van der Waals surface area contributed by atoms with Crippen molar-refractivity contribution in [3.63, 3.8) is 0 Å². The molecule has 0 bridgehead atoms. The molecule has 1 aromatic heterocycles. The van der Waals surface area contributed by atoms with Crippen LogP contribution in [0, 0.1) is 6.92 Å². The van der Waals surface area contributed by atoms with Crippen LogP contribution in [0.25, 0.3) is 32.9 Å². The van der Waals surface area contributed by atoms with Gasteiger partial charge in [-0.05, 0) is 30.2 Å². The van der Waals surface area contributed by atoms with Crippen LogP contribution in [0.4, 0.5) is 0 Å². The lowest BCUT2D eigenvalue weighted by atomic mass is 9.99. The fourth-order valence-corrected chi connectivity index (χ4v) is 3.20. The maximum Gasteiger partial charge on any atom is 0.201 e. The molecular formula is C21H16O3. The van der Waals surface area contributed by atoms with Crippen molar-refractivity contribution < 1.29 is 9.15 Å². The molecule has 3 nitrogen and oxygen atoms in total. The molecule has 0 aliphatic carbocycles. The molecule has 0 N–H and O–H groups in total. The molecule has 0 fully saturated rings. The van der Waals surface area contributed by atoms with Crippen molar-refractivity contribution in [3.8, 4) is 16.9 Å². The average molecular weight is 316 g/mol. The van der Waals surface area contributed by atoms with E-state index >= 15 is 0 Å². The Hall–Kier alpha value is -3.07. The van der Waals surface area contributed by atoms with Crippen LogP contribution in [-0.4, -0.2) is 7.11 Å². The molecule has 0 aliphatic rings. The molecule has 3 aromatic carbocycles. The first-order chi connectivity index (χ1) is 11.7. The van der Waals surface area contributed by atoms with Crippen LogP contribution in [0.5, 0.6) is 5.75 Å². The molecule has 0 aliphatic heterocycles. The van der Waals surface area contributed by atoms with Gasteiger partial charge in [0.05, 0.1) is 18.1 Å². The van der Waals surface area contributed by atoms with Crippen molar-refractivity contribution in [1.82, 2.24) is 0 Å². The van der Waals surface area contributed by atoms with Crippen molar-refractivity contribution in [2.75, 3.05) is 7.11 Å². The lowest BCUT2D eigenvalue weighted by Crippen LogP contribution is -2.05. The van der Waals surface area contributed by atoms with Gasteiger partial charge in [-0.15, -0.1) is 0 Å². The number of hydrogen-bond donors (Lipinski definition) is 0. The van der Waals surface area contributed by atoms with Gasteiger partial charge < -0.3 is 9.15 Å². The summed E-state index contributed by atoms with van der Waals surface area (Å²) < 4.78 is 11.3. The molecule has 0 saturated carbocycles. The highest BCUT2D eigenvalue weighted by molar-refractivity contribution is 6.08. The molecule has 118 valence electrons. The maximum atomic E-state index is 13.1. The Labute approximate surface area is 139 Å². The lowest BCUT2D eigenvalue weighted by molar-refractivity contribution is 0.417. The monoisotopic (exact) mass is 316 g/mol. The van der Waals surface area contributed by atoms with E-state index in [0.29, 0.717) is 16.5 Å². The lowest BCUT2D eigenvalue weighted by Gasteiger charge is -2.11. The summed E-state index contributed by atoms with van der Waals surface area (Å²) in [6.45, 7) is 1.99. The van der Waals surface area contributed by atoms with Crippen LogP contribution in [0.3, 0.4) is 0 Å². The van der Waals surface area contributed by atoms with Crippen LogP contribution in [0.2, 0.25) is 0 Å². The predicted octanol–water partition coefficient (Wildman–Crippen LogP) is 4.93. The smallest absolute Gasteiger partial charge is 0.201 e. The minimum Gasteiger partial charge on any atom is -0.496 e. The van der Waals surface area contributed by atoms with Gasteiger partial charge in [0.15, 0.2) is 0 Å². The van der Waals surface area contributed by atoms with Crippen molar-refractivity contribution in [2.24, 2.45) is 0 Å². The second-order valence-corrected chi connectivity index (χ2v) is 5.79. The van der Waals surface area contributed by atoms with Gasteiger partial charge >= 0.3 is 0 Å². The summed E-state index contributed by atoms with van der Waals surface area (Å²) in [6, 6.07) is 17.3. The van der Waals surface area contributed by atoms with E-state index in [9.17, 15) is 4.79 Å². The Bertz CT molecular complexity index is 1110. The highest BCUT2D eigenvalue weighted by Gasteiger charge is 2.14. The van der Waals surface area contributed by atoms with E-state index in [-0.39, 0.29) is 5.43 Å². The molecule has 0 radical (unpaired) electrons. The van der Waals surface area contributed by atoms with Crippen LogP contribution in [-0.2, 0) is 0 Å². The van der Waals surface area contributed by atoms with Crippen LogP contribution < -0.4 is 10.2 Å². The molecular weight excluding hydrogens is 300 g/mol. The number of hydrogen-bond acceptors (Lipinski definition) is 3. The summed E-state index contributed by atoms with van der Waals surface area (Å²) in [4.78, 5) is 13.1. The van der Waals surface area contributed by atoms with Gasteiger partial charge in [0.25, 0.3) is 0 Å². The number of aryl methyl sites for hydroxylation is 1. The Morgan fingerprint density at radius 2 is 1.67 bits per heavy atom. The van der Waals surface area contributed by atoms with Gasteiger partial charge in [0, 0.05) is 10.8 Å². The molecule has 0 unspecified atom stereocenters. The molecule has 1 heterocycles. The quantitative estimate of drug-likeness (QED) is 0.492. The minimum atomic E-state index is -0.0287. The summed E-state index contributed by atoms with van der Waals surface area (Å²) >= 11 is 0. The van der Waals surface area contributed by atoms with E-state index in [1.54, 1.807) is 7.11 Å². The fourth-order valence-electron chi connectivity index (χ4n) is 3.20. The second kappa shape index (κ2) is 5.53. The molecule has 4 rings (SSSR count). The Morgan fingerprint density at radius 1 is 0.917 bits per heavy atom. The number of rotatable bonds is 2. The molecule has 4 aromatic rings. The van der Waals surface area contributed by atoms with Crippen LogP contribution >= 0.6 is 0 Å². The first-order valence-corrected chi connectivity index (χ1v) is 7.78. The molecule has 0 saturated heterocycles. The Morgan fingerprint density at radius 3 is 2.42 bits per heavy atom. The number of methoxy groups -OCH3 is 1. The van der Waals surface area contributed by atoms with Gasteiger partial charge in [-0.3, -0.25) is 4.79 Å². The van der Waals surface area contributed by atoms with Crippen molar-refractivity contribution >= 4 is 21.7 Å². The Kier molecular flexibility index (Phi) is 3.35. The van der Waals surface area contributed by atoms with E-state index in [1.807, 2.05) is 61.5 Å². The molecule has 24 heavy (non-hydrogen) atoms. The second-order valence-electron chi connectivity index (χ2n) is 5.79. The third-order valence-electron chi connectivity index (χ3n) is 4.37. The van der Waals surface area contributed by atoms with E-state index in [0.717, 1.165) is 27.6 Å². The zero-order valence-corrected chi connectivity index (χ0v) is 13.5. The van der Waals surface area contributed by atoms with E-state index in [4.69, 9.17) is 9.15 Å². The van der Waals surface area contributed by atoms with Gasteiger partial charge in [-0.25, -0.2) is 0 Å². The third kappa shape index (κ3) is 2.09. The molecule has 0 spiro atoms. The van der Waals surface area contributed by atoms with Gasteiger partial charge in [0.1, 0.15) is 17.6 Å². The highest BCUT2D eigenvalue weighted by atomic mass is 16.5. The normalized spacial score (nSPS) is 11.1. The third-order valence-corrected chi connectivity index (χ3v) is 4.37. The predicted molar refractivity (Wildman–Crippen MR) is 96.7 cm³/mol.